The first-order valence-electron chi connectivity index (χ1n) is 11.7. The largest absolute Gasteiger partial charge is 0.507 e. The van der Waals surface area contributed by atoms with E-state index in [-0.39, 0.29) is 5.75 Å². The van der Waals surface area contributed by atoms with Crippen molar-refractivity contribution in [2.24, 2.45) is 0 Å². The Morgan fingerprint density at radius 3 is 1.91 bits per heavy atom. The van der Waals surface area contributed by atoms with Crippen LogP contribution in [0.5, 0.6) is 5.75 Å². The molecule has 2 heterocycles. The van der Waals surface area contributed by atoms with Crippen LogP contribution in [0.2, 0.25) is 0 Å². The summed E-state index contributed by atoms with van der Waals surface area (Å²) in [6.45, 7) is 0. The summed E-state index contributed by atoms with van der Waals surface area (Å²) in [5, 5.41) is 19.5. The van der Waals surface area contributed by atoms with Crippen LogP contribution in [0.25, 0.3) is 76.5 Å². The van der Waals surface area contributed by atoms with Crippen molar-refractivity contribution in [1.82, 2.24) is 0 Å². The van der Waals surface area contributed by atoms with Gasteiger partial charge in [-0.15, -0.1) is 0 Å². The number of phenolic OH excluding ortho intramolecular Hbond substituents is 1. The minimum absolute atomic E-state index is 0.219. The number of rotatable bonds is 1. The van der Waals surface area contributed by atoms with Crippen molar-refractivity contribution in [2.75, 3.05) is 0 Å². The lowest BCUT2D eigenvalue weighted by molar-refractivity contribution is 0.482. The van der Waals surface area contributed by atoms with Gasteiger partial charge in [0.05, 0.1) is 5.39 Å². The second-order valence-electron chi connectivity index (χ2n) is 9.08. The Kier molecular flexibility index (Phi) is 3.54. The molecule has 164 valence electrons. The monoisotopic (exact) mass is 450 g/mol. The molecule has 0 spiro atoms. The third kappa shape index (κ3) is 2.50. The molecule has 0 unspecified atom stereocenters. The first kappa shape index (κ1) is 18.6. The smallest absolute Gasteiger partial charge is 0.143 e. The first-order valence-corrected chi connectivity index (χ1v) is 11.7. The highest BCUT2D eigenvalue weighted by Gasteiger charge is 2.17. The number of furan rings is 2. The van der Waals surface area contributed by atoms with E-state index in [1.54, 1.807) is 0 Å². The molecule has 0 amide bonds. The lowest BCUT2D eigenvalue weighted by atomic mass is 9.95. The van der Waals surface area contributed by atoms with Crippen LogP contribution < -0.4 is 0 Å². The van der Waals surface area contributed by atoms with E-state index in [4.69, 9.17) is 8.83 Å². The average molecular weight is 450 g/mol. The summed E-state index contributed by atoms with van der Waals surface area (Å²) in [6, 6.07) is 34.7. The molecule has 0 atom stereocenters. The number of benzene rings is 6. The maximum absolute atomic E-state index is 10.9. The van der Waals surface area contributed by atoms with Crippen LogP contribution in [0, 0.1) is 0 Å². The van der Waals surface area contributed by atoms with Gasteiger partial charge in [0.1, 0.15) is 28.1 Å². The molecule has 6 aromatic carbocycles. The van der Waals surface area contributed by atoms with Gasteiger partial charge in [0.15, 0.2) is 0 Å². The van der Waals surface area contributed by atoms with Gasteiger partial charge in [-0.25, -0.2) is 0 Å². The zero-order valence-corrected chi connectivity index (χ0v) is 18.6. The van der Waals surface area contributed by atoms with Gasteiger partial charge in [-0.2, -0.15) is 0 Å². The fourth-order valence-electron chi connectivity index (χ4n) is 5.59. The third-order valence-corrected chi connectivity index (χ3v) is 7.14. The zero-order valence-electron chi connectivity index (χ0n) is 18.6. The summed E-state index contributed by atoms with van der Waals surface area (Å²) >= 11 is 0. The molecule has 3 nitrogen and oxygen atoms in total. The molecule has 35 heavy (non-hydrogen) atoms. The van der Waals surface area contributed by atoms with Gasteiger partial charge in [0, 0.05) is 21.5 Å². The van der Waals surface area contributed by atoms with Crippen LogP contribution in [-0.4, -0.2) is 5.11 Å². The molecule has 1 N–H and O–H groups in total. The van der Waals surface area contributed by atoms with E-state index in [1.807, 2.05) is 48.5 Å². The molecule has 0 aliphatic rings. The van der Waals surface area contributed by atoms with E-state index in [9.17, 15) is 5.11 Å². The Morgan fingerprint density at radius 2 is 1.09 bits per heavy atom. The number of phenols is 1. The molecule has 0 radical (unpaired) electrons. The fraction of sp³-hybridized carbons (Fsp3) is 0. The maximum Gasteiger partial charge on any atom is 0.143 e. The SMILES string of the molecule is Oc1cc(-c2ccc3oc4c5ccccc5c5ccccc5c4c3c2)cc2oc3ccccc3c12. The topological polar surface area (TPSA) is 46.5 Å². The Labute approximate surface area is 199 Å². The summed E-state index contributed by atoms with van der Waals surface area (Å²) < 4.78 is 12.5. The van der Waals surface area contributed by atoms with E-state index in [0.717, 1.165) is 54.8 Å². The average Bonchev–Trinajstić information content (AvgIpc) is 3.47. The van der Waals surface area contributed by atoms with Crippen LogP contribution in [0.3, 0.4) is 0 Å². The number of hydrogen-bond donors (Lipinski definition) is 1. The molecule has 2 aromatic heterocycles. The highest BCUT2D eigenvalue weighted by molar-refractivity contribution is 6.30. The second-order valence-corrected chi connectivity index (χ2v) is 9.08. The third-order valence-electron chi connectivity index (χ3n) is 7.14. The second kappa shape index (κ2) is 6.64. The van der Waals surface area contributed by atoms with Gasteiger partial charge in [0.25, 0.3) is 0 Å². The van der Waals surface area contributed by atoms with Gasteiger partial charge in [-0.05, 0) is 57.6 Å². The number of aromatic hydroxyl groups is 1. The van der Waals surface area contributed by atoms with E-state index in [2.05, 4.69) is 54.6 Å². The minimum atomic E-state index is 0.219. The molecule has 8 rings (SSSR count). The lowest BCUT2D eigenvalue weighted by Gasteiger charge is -2.06. The molecule has 3 heteroatoms. The van der Waals surface area contributed by atoms with Gasteiger partial charge in [0.2, 0.25) is 0 Å². The van der Waals surface area contributed by atoms with Crippen LogP contribution >= 0.6 is 0 Å². The van der Waals surface area contributed by atoms with Crippen molar-refractivity contribution in [3.8, 4) is 16.9 Å². The maximum atomic E-state index is 10.9. The summed E-state index contributed by atoms with van der Waals surface area (Å²) in [4.78, 5) is 0. The van der Waals surface area contributed by atoms with Gasteiger partial charge in [-0.1, -0.05) is 72.8 Å². The Bertz CT molecular complexity index is 2120. The lowest BCUT2D eigenvalue weighted by Crippen LogP contribution is -1.81. The Morgan fingerprint density at radius 1 is 0.429 bits per heavy atom. The minimum Gasteiger partial charge on any atom is -0.507 e. The van der Waals surface area contributed by atoms with E-state index in [0.29, 0.717) is 5.58 Å². The predicted molar refractivity (Wildman–Crippen MR) is 143 cm³/mol. The quantitative estimate of drug-likeness (QED) is 0.254. The molecule has 0 saturated carbocycles. The molecule has 0 aliphatic carbocycles. The molecule has 0 fully saturated rings. The Balaban J connectivity index is 1.45. The molecular weight excluding hydrogens is 432 g/mol. The highest BCUT2D eigenvalue weighted by atomic mass is 16.3. The summed E-state index contributed by atoms with van der Waals surface area (Å²) in [5.41, 5.74) is 5.09. The summed E-state index contributed by atoms with van der Waals surface area (Å²) in [7, 11) is 0. The van der Waals surface area contributed by atoms with Crippen LogP contribution in [-0.2, 0) is 0 Å². The van der Waals surface area contributed by atoms with Gasteiger partial charge in [-0.3, -0.25) is 0 Å². The highest BCUT2D eigenvalue weighted by Crippen LogP contribution is 2.43. The molecular formula is C32H18O3. The molecule has 0 bridgehead atoms. The summed E-state index contributed by atoms with van der Waals surface area (Å²) in [5.74, 6) is 0.219. The van der Waals surface area contributed by atoms with Crippen LogP contribution in [0.1, 0.15) is 0 Å². The zero-order chi connectivity index (χ0) is 23.1. The van der Waals surface area contributed by atoms with Crippen molar-refractivity contribution in [3.05, 3.63) is 103 Å². The normalized spacial score (nSPS) is 12.1. The molecule has 0 aliphatic heterocycles. The van der Waals surface area contributed by atoms with Crippen LogP contribution in [0.15, 0.2) is 112 Å². The van der Waals surface area contributed by atoms with Gasteiger partial charge < -0.3 is 13.9 Å². The molecule has 8 aromatic rings. The van der Waals surface area contributed by atoms with Crippen molar-refractivity contribution in [3.63, 3.8) is 0 Å². The van der Waals surface area contributed by atoms with Crippen molar-refractivity contribution in [2.45, 2.75) is 0 Å². The predicted octanol–water partition coefficient (Wildman–Crippen LogP) is 9.16. The molecule has 0 saturated heterocycles. The number of para-hydroxylation sites is 1. The summed E-state index contributed by atoms with van der Waals surface area (Å²) in [6.07, 6.45) is 0. The van der Waals surface area contributed by atoms with E-state index >= 15 is 0 Å². The van der Waals surface area contributed by atoms with Crippen LogP contribution in [0.4, 0.5) is 0 Å². The number of hydrogen-bond acceptors (Lipinski definition) is 3. The van der Waals surface area contributed by atoms with Crippen molar-refractivity contribution >= 4 is 65.4 Å². The fourth-order valence-corrected chi connectivity index (χ4v) is 5.59. The van der Waals surface area contributed by atoms with E-state index in [1.165, 1.54) is 16.2 Å². The Hall–Kier alpha value is -4.76. The van der Waals surface area contributed by atoms with Gasteiger partial charge >= 0.3 is 0 Å². The van der Waals surface area contributed by atoms with Crippen molar-refractivity contribution in [1.29, 1.82) is 0 Å². The van der Waals surface area contributed by atoms with Crippen molar-refractivity contribution < 1.29 is 13.9 Å². The standard InChI is InChI=1S/C32H18O3/c33-26-16-19(17-29-31(26)24-11-5-6-12-27(24)34-29)18-13-14-28-25(15-18)30-22-9-3-1-7-20(22)21-8-2-4-10-23(21)32(30)35-28/h1-17,33H. The first-order chi connectivity index (χ1) is 17.3. The van der Waals surface area contributed by atoms with E-state index < -0.39 is 0 Å². The number of fused-ring (bicyclic) bond motifs is 11.